The van der Waals surface area contributed by atoms with E-state index >= 15 is 0 Å². The predicted molar refractivity (Wildman–Crippen MR) is 124 cm³/mol. The van der Waals surface area contributed by atoms with Crippen molar-refractivity contribution in [3.05, 3.63) is 35.3 Å². The molecule has 0 aromatic carbocycles. The number of aryl methyl sites for hydroxylation is 1. The van der Waals surface area contributed by atoms with Crippen LogP contribution in [0, 0.1) is 30.1 Å². The van der Waals surface area contributed by atoms with Gasteiger partial charge < -0.3 is 15.5 Å². The van der Waals surface area contributed by atoms with E-state index in [1.807, 2.05) is 48.5 Å². The number of carbonyl (C=O) groups excluding carboxylic acids is 2. The van der Waals surface area contributed by atoms with Crippen LogP contribution >= 0.6 is 0 Å². The first-order valence-corrected chi connectivity index (χ1v) is 12.0. The SMILES string of the molecule is Cc1c(C(=O)NCCN(C)C)nc2cccc(C(=O)NCC34CC5CC(CC(C5)C3)C4)n12. The molecule has 6 rings (SSSR count). The van der Waals surface area contributed by atoms with Gasteiger partial charge in [-0.25, -0.2) is 4.98 Å². The molecule has 0 unspecified atom stereocenters. The van der Waals surface area contributed by atoms with Gasteiger partial charge in [-0.3, -0.25) is 14.0 Å². The molecule has 4 aliphatic rings. The van der Waals surface area contributed by atoms with Crippen LogP contribution in [-0.2, 0) is 0 Å². The zero-order chi connectivity index (χ0) is 22.5. The molecule has 2 aromatic heterocycles. The molecule has 4 bridgehead atoms. The summed E-state index contributed by atoms with van der Waals surface area (Å²) < 4.78 is 1.82. The van der Waals surface area contributed by atoms with E-state index in [2.05, 4.69) is 15.6 Å². The summed E-state index contributed by atoms with van der Waals surface area (Å²) >= 11 is 0. The highest BCUT2D eigenvalue weighted by Gasteiger charge is 2.50. The van der Waals surface area contributed by atoms with Gasteiger partial charge in [0.2, 0.25) is 0 Å². The molecule has 0 saturated heterocycles. The molecule has 4 aliphatic carbocycles. The zero-order valence-electron chi connectivity index (χ0n) is 19.5. The Hall–Kier alpha value is -2.41. The first-order valence-electron chi connectivity index (χ1n) is 12.0. The standard InChI is InChI=1S/C25H35N5O2/c1-16-22(24(32)26-7-8-29(2)3)28-21-6-4-5-20(30(16)21)23(31)27-15-25-12-17-9-18(13-25)11-19(10-17)14-25/h4-6,17-19H,7-15H2,1-3H3,(H,26,32)(H,27,31). The van der Waals surface area contributed by atoms with Crippen molar-refractivity contribution in [2.75, 3.05) is 33.7 Å². The number of pyridine rings is 1. The topological polar surface area (TPSA) is 78.7 Å². The Kier molecular flexibility index (Phi) is 5.48. The predicted octanol–water partition coefficient (Wildman–Crippen LogP) is 2.88. The Morgan fingerprint density at radius 3 is 2.34 bits per heavy atom. The van der Waals surface area contributed by atoms with Crippen LogP contribution in [0.25, 0.3) is 5.65 Å². The van der Waals surface area contributed by atoms with Crippen molar-refractivity contribution in [2.24, 2.45) is 23.2 Å². The number of rotatable bonds is 7. The summed E-state index contributed by atoms with van der Waals surface area (Å²) in [4.78, 5) is 32.5. The van der Waals surface area contributed by atoms with Crippen molar-refractivity contribution in [2.45, 2.75) is 45.4 Å². The number of nitrogens with zero attached hydrogens (tertiary/aromatic N) is 3. The molecule has 7 heteroatoms. The minimum Gasteiger partial charge on any atom is -0.350 e. The van der Waals surface area contributed by atoms with Crippen molar-refractivity contribution in [3.63, 3.8) is 0 Å². The number of imidazole rings is 1. The van der Waals surface area contributed by atoms with Gasteiger partial charge in [0.05, 0.1) is 5.69 Å². The fourth-order valence-electron chi connectivity index (χ4n) is 6.97. The van der Waals surface area contributed by atoms with Crippen molar-refractivity contribution in [3.8, 4) is 0 Å². The zero-order valence-corrected chi connectivity index (χ0v) is 19.5. The lowest BCUT2D eigenvalue weighted by molar-refractivity contribution is -0.0503. The van der Waals surface area contributed by atoms with Gasteiger partial charge in [0.15, 0.2) is 0 Å². The van der Waals surface area contributed by atoms with Crippen LogP contribution in [0.2, 0.25) is 0 Å². The molecule has 2 N–H and O–H groups in total. The average Bonchev–Trinajstić information content (AvgIpc) is 3.08. The molecule has 2 heterocycles. The monoisotopic (exact) mass is 437 g/mol. The van der Waals surface area contributed by atoms with Gasteiger partial charge in [0.25, 0.3) is 11.8 Å². The maximum absolute atomic E-state index is 13.3. The molecular formula is C25H35N5O2. The number of hydrogen-bond donors (Lipinski definition) is 2. The number of carbonyl (C=O) groups is 2. The van der Waals surface area contributed by atoms with E-state index in [1.165, 1.54) is 38.5 Å². The molecule has 172 valence electrons. The molecular weight excluding hydrogens is 402 g/mol. The van der Waals surface area contributed by atoms with Crippen LogP contribution in [0.5, 0.6) is 0 Å². The van der Waals surface area contributed by atoms with E-state index in [0.29, 0.717) is 34.7 Å². The summed E-state index contributed by atoms with van der Waals surface area (Å²) in [5.41, 5.74) is 2.54. The van der Waals surface area contributed by atoms with E-state index in [4.69, 9.17) is 0 Å². The number of amides is 2. The van der Waals surface area contributed by atoms with Gasteiger partial charge in [-0.2, -0.15) is 0 Å². The van der Waals surface area contributed by atoms with Crippen molar-refractivity contribution in [1.29, 1.82) is 0 Å². The minimum atomic E-state index is -0.201. The summed E-state index contributed by atoms with van der Waals surface area (Å²) in [6, 6.07) is 5.51. The van der Waals surface area contributed by atoms with E-state index < -0.39 is 0 Å². The third-order valence-corrected chi connectivity index (χ3v) is 7.96. The smallest absolute Gasteiger partial charge is 0.271 e. The molecule has 4 saturated carbocycles. The average molecular weight is 438 g/mol. The fourth-order valence-corrected chi connectivity index (χ4v) is 6.97. The van der Waals surface area contributed by atoms with E-state index in [9.17, 15) is 9.59 Å². The van der Waals surface area contributed by atoms with Crippen LogP contribution in [-0.4, -0.2) is 59.8 Å². The second-order valence-corrected chi connectivity index (χ2v) is 10.8. The van der Waals surface area contributed by atoms with Crippen molar-refractivity contribution < 1.29 is 9.59 Å². The highest BCUT2D eigenvalue weighted by atomic mass is 16.2. The minimum absolute atomic E-state index is 0.0774. The fraction of sp³-hybridized carbons (Fsp3) is 0.640. The second kappa shape index (κ2) is 8.18. The molecule has 2 amide bonds. The maximum Gasteiger partial charge on any atom is 0.271 e. The van der Waals surface area contributed by atoms with Crippen molar-refractivity contribution in [1.82, 2.24) is 24.9 Å². The number of likely N-dealkylation sites (N-methyl/N-ethyl adjacent to an activating group) is 1. The Balaban J connectivity index is 1.32. The van der Waals surface area contributed by atoms with Crippen LogP contribution < -0.4 is 10.6 Å². The van der Waals surface area contributed by atoms with Crippen LogP contribution in [0.15, 0.2) is 18.2 Å². The lowest BCUT2D eigenvalue weighted by Gasteiger charge is -2.56. The first-order chi connectivity index (χ1) is 15.3. The van der Waals surface area contributed by atoms with Crippen LogP contribution in [0.1, 0.15) is 65.2 Å². The van der Waals surface area contributed by atoms with Crippen LogP contribution in [0.4, 0.5) is 0 Å². The number of hydrogen-bond acceptors (Lipinski definition) is 4. The van der Waals surface area contributed by atoms with Gasteiger partial charge in [-0.1, -0.05) is 6.07 Å². The number of fused-ring (bicyclic) bond motifs is 1. The molecule has 0 atom stereocenters. The van der Waals surface area contributed by atoms with Gasteiger partial charge in [-0.05, 0) is 94.8 Å². The number of aromatic nitrogens is 2. The van der Waals surface area contributed by atoms with Gasteiger partial charge in [0.1, 0.15) is 17.0 Å². The molecule has 0 spiro atoms. The Bertz CT molecular complexity index is 1010. The Morgan fingerprint density at radius 1 is 1.06 bits per heavy atom. The Labute approximate surface area is 190 Å². The highest BCUT2D eigenvalue weighted by molar-refractivity contribution is 5.96. The highest BCUT2D eigenvalue weighted by Crippen LogP contribution is 2.59. The van der Waals surface area contributed by atoms with Crippen molar-refractivity contribution >= 4 is 17.5 Å². The Morgan fingerprint density at radius 2 is 1.72 bits per heavy atom. The summed E-state index contributed by atoms with van der Waals surface area (Å²) in [6.45, 7) is 3.93. The summed E-state index contributed by atoms with van der Waals surface area (Å²) in [6.07, 6.45) is 8.01. The van der Waals surface area contributed by atoms with E-state index in [-0.39, 0.29) is 11.8 Å². The summed E-state index contributed by atoms with van der Waals surface area (Å²) in [7, 11) is 3.94. The first kappa shape index (κ1) is 21.4. The molecule has 32 heavy (non-hydrogen) atoms. The second-order valence-electron chi connectivity index (χ2n) is 10.8. The quantitative estimate of drug-likeness (QED) is 0.698. The molecule has 0 aliphatic heterocycles. The molecule has 0 radical (unpaired) electrons. The number of nitrogens with one attached hydrogen (secondary N) is 2. The largest absolute Gasteiger partial charge is 0.350 e. The van der Waals surface area contributed by atoms with E-state index in [1.54, 1.807) is 0 Å². The molecule has 4 fully saturated rings. The lowest BCUT2D eigenvalue weighted by atomic mass is 9.49. The lowest BCUT2D eigenvalue weighted by Crippen LogP contribution is -2.51. The van der Waals surface area contributed by atoms with Gasteiger partial charge >= 0.3 is 0 Å². The van der Waals surface area contributed by atoms with Gasteiger partial charge in [0, 0.05) is 19.6 Å². The summed E-state index contributed by atoms with van der Waals surface area (Å²) in [5, 5.41) is 6.19. The molecule has 7 nitrogen and oxygen atoms in total. The summed E-state index contributed by atoms with van der Waals surface area (Å²) in [5.74, 6) is 2.32. The van der Waals surface area contributed by atoms with E-state index in [0.717, 1.165) is 30.8 Å². The maximum atomic E-state index is 13.3. The normalized spacial score (nSPS) is 28.4. The third-order valence-electron chi connectivity index (χ3n) is 7.96. The third kappa shape index (κ3) is 3.91. The van der Waals surface area contributed by atoms with Gasteiger partial charge in [-0.15, -0.1) is 0 Å². The van der Waals surface area contributed by atoms with Crippen LogP contribution in [0.3, 0.4) is 0 Å². The molecule has 2 aromatic rings.